The molecule has 2 heterocycles. The maximum absolute atomic E-state index is 5.82. The second-order valence-corrected chi connectivity index (χ2v) is 4.23. The largest absolute Gasteiger partial charge is 0.370 e. The van der Waals surface area contributed by atoms with Crippen LogP contribution < -0.4 is 5.73 Å². The van der Waals surface area contributed by atoms with Crippen LogP contribution in [0, 0.1) is 0 Å². The Balaban J connectivity index is 2.14. The van der Waals surface area contributed by atoms with Crippen LogP contribution in [0.15, 0.2) is 16.7 Å². The van der Waals surface area contributed by atoms with Gasteiger partial charge in [0.1, 0.15) is 0 Å². The van der Waals surface area contributed by atoms with E-state index in [0.29, 0.717) is 12.0 Å². The molecule has 4 nitrogen and oxygen atoms in total. The SMILES string of the molecule is CCCN1C(N)=NCC1c1cncs1. The summed E-state index contributed by atoms with van der Waals surface area (Å²) >= 11 is 1.67. The van der Waals surface area contributed by atoms with E-state index < -0.39 is 0 Å². The molecule has 0 amide bonds. The van der Waals surface area contributed by atoms with Crippen LogP contribution in [-0.4, -0.2) is 28.9 Å². The average molecular weight is 210 g/mol. The van der Waals surface area contributed by atoms with E-state index in [1.807, 2.05) is 11.7 Å². The Labute approximate surface area is 87.5 Å². The van der Waals surface area contributed by atoms with Crippen molar-refractivity contribution in [2.75, 3.05) is 13.1 Å². The molecule has 1 aliphatic rings. The number of aliphatic imine (C=N–C) groups is 1. The lowest BCUT2D eigenvalue weighted by Crippen LogP contribution is -2.36. The normalized spacial score (nSPS) is 21.4. The number of guanidine groups is 1. The number of aromatic nitrogens is 1. The van der Waals surface area contributed by atoms with Crippen molar-refractivity contribution in [3.8, 4) is 0 Å². The molecule has 2 rings (SSSR count). The van der Waals surface area contributed by atoms with Crippen LogP contribution in [0.5, 0.6) is 0 Å². The summed E-state index contributed by atoms with van der Waals surface area (Å²) in [6, 6.07) is 0.322. The zero-order valence-corrected chi connectivity index (χ0v) is 9.00. The third-order valence-electron chi connectivity index (χ3n) is 2.34. The Morgan fingerprint density at radius 1 is 1.71 bits per heavy atom. The standard InChI is InChI=1S/C9H14N4S/c1-2-3-13-7(4-12-9(13)10)8-5-11-6-14-8/h5-7H,2-4H2,1H3,(H2,10,12). The molecule has 5 heteroatoms. The first-order valence-electron chi connectivity index (χ1n) is 4.78. The second-order valence-electron chi connectivity index (χ2n) is 3.31. The first-order valence-corrected chi connectivity index (χ1v) is 5.66. The van der Waals surface area contributed by atoms with Gasteiger partial charge in [0.2, 0.25) is 0 Å². The fourth-order valence-corrected chi connectivity index (χ4v) is 2.40. The first kappa shape index (κ1) is 9.45. The van der Waals surface area contributed by atoms with Crippen LogP contribution in [0.4, 0.5) is 0 Å². The van der Waals surface area contributed by atoms with Crippen molar-refractivity contribution < 1.29 is 0 Å². The summed E-state index contributed by atoms with van der Waals surface area (Å²) in [6.45, 7) is 3.89. The molecule has 14 heavy (non-hydrogen) atoms. The van der Waals surface area contributed by atoms with Gasteiger partial charge in [-0.1, -0.05) is 6.92 Å². The van der Waals surface area contributed by atoms with E-state index in [1.54, 1.807) is 11.3 Å². The van der Waals surface area contributed by atoms with Crippen molar-refractivity contribution in [2.45, 2.75) is 19.4 Å². The average Bonchev–Trinajstić information content (AvgIpc) is 2.77. The van der Waals surface area contributed by atoms with Gasteiger partial charge in [0, 0.05) is 17.6 Å². The molecule has 0 aliphatic carbocycles. The van der Waals surface area contributed by atoms with Crippen molar-refractivity contribution in [3.05, 3.63) is 16.6 Å². The van der Waals surface area contributed by atoms with Crippen LogP contribution in [0.1, 0.15) is 24.3 Å². The van der Waals surface area contributed by atoms with Gasteiger partial charge in [0.15, 0.2) is 5.96 Å². The predicted molar refractivity (Wildman–Crippen MR) is 58.3 cm³/mol. The monoisotopic (exact) mass is 210 g/mol. The molecule has 0 radical (unpaired) electrons. The van der Waals surface area contributed by atoms with Gasteiger partial charge in [-0.3, -0.25) is 9.98 Å². The van der Waals surface area contributed by atoms with Gasteiger partial charge in [-0.05, 0) is 6.42 Å². The number of hydrogen-bond acceptors (Lipinski definition) is 5. The van der Waals surface area contributed by atoms with Crippen LogP contribution in [0.3, 0.4) is 0 Å². The Morgan fingerprint density at radius 3 is 3.21 bits per heavy atom. The molecule has 1 aliphatic heterocycles. The van der Waals surface area contributed by atoms with Gasteiger partial charge in [-0.2, -0.15) is 0 Å². The molecular formula is C9H14N4S. The molecule has 0 aromatic carbocycles. The fraction of sp³-hybridized carbons (Fsp3) is 0.556. The lowest BCUT2D eigenvalue weighted by atomic mass is 10.2. The van der Waals surface area contributed by atoms with Crippen molar-refractivity contribution in [3.63, 3.8) is 0 Å². The highest BCUT2D eigenvalue weighted by Crippen LogP contribution is 2.27. The van der Waals surface area contributed by atoms with Crippen LogP contribution in [0.2, 0.25) is 0 Å². The Kier molecular flexibility index (Phi) is 2.67. The lowest BCUT2D eigenvalue weighted by Gasteiger charge is -2.24. The molecule has 1 aromatic heterocycles. The highest BCUT2D eigenvalue weighted by Gasteiger charge is 2.27. The lowest BCUT2D eigenvalue weighted by molar-refractivity contribution is 0.351. The summed E-state index contributed by atoms with van der Waals surface area (Å²) in [5.74, 6) is 0.672. The molecule has 2 N–H and O–H groups in total. The molecule has 1 aromatic rings. The number of rotatable bonds is 3. The summed E-state index contributed by atoms with van der Waals surface area (Å²) in [7, 11) is 0. The minimum atomic E-state index is 0.322. The van der Waals surface area contributed by atoms with Gasteiger partial charge in [-0.15, -0.1) is 11.3 Å². The van der Waals surface area contributed by atoms with Crippen LogP contribution in [0.25, 0.3) is 0 Å². The molecule has 0 bridgehead atoms. The molecule has 1 unspecified atom stereocenters. The first-order chi connectivity index (χ1) is 6.83. The Bertz CT molecular complexity index is 320. The highest BCUT2D eigenvalue weighted by molar-refractivity contribution is 7.09. The molecule has 76 valence electrons. The highest BCUT2D eigenvalue weighted by atomic mass is 32.1. The zero-order chi connectivity index (χ0) is 9.97. The molecule has 0 fully saturated rings. The topological polar surface area (TPSA) is 54.5 Å². The van der Waals surface area contributed by atoms with E-state index in [9.17, 15) is 0 Å². The van der Waals surface area contributed by atoms with Crippen molar-refractivity contribution >= 4 is 17.3 Å². The van der Waals surface area contributed by atoms with E-state index >= 15 is 0 Å². The van der Waals surface area contributed by atoms with Crippen LogP contribution in [-0.2, 0) is 0 Å². The molecule has 0 saturated heterocycles. The van der Waals surface area contributed by atoms with Gasteiger partial charge in [0.05, 0.1) is 18.1 Å². The summed E-state index contributed by atoms with van der Waals surface area (Å²) in [4.78, 5) is 11.8. The third-order valence-corrected chi connectivity index (χ3v) is 3.22. The Morgan fingerprint density at radius 2 is 2.57 bits per heavy atom. The maximum Gasteiger partial charge on any atom is 0.191 e. The summed E-state index contributed by atoms with van der Waals surface area (Å²) < 4.78 is 0. The zero-order valence-electron chi connectivity index (χ0n) is 8.18. The van der Waals surface area contributed by atoms with Gasteiger partial charge in [0.25, 0.3) is 0 Å². The number of nitrogens with zero attached hydrogens (tertiary/aromatic N) is 3. The van der Waals surface area contributed by atoms with Gasteiger partial charge < -0.3 is 10.6 Å². The van der Waals surface area contributed by atoms with Gasteiger partial charge >= 0.3 is 0 Å². The smallest absolute Gasteiger partial charge is 0.191 e. The van der Waals surface area contributed by atoms with Crippen molar-refractivity contribution in [2.24, 2.45) is 10.7 Å². The van der Waals surface area contributed by atoms with E-state index in [0.717, 1.165) is 19.5 Å². The molecule has 0 saturated carbocycles. The van der Waals surface area contributed by atoms with E-state index in [1.165, 1.54) is 4.88 Å². The maximum atomic E-state index is 5.82. The fourth-order valence-electron chi connectivity index (χ4n) is 1.67. The van der Waals surface area contributed by atoms with E-state index in [-0.39, 0.29) is 0 Å². The summed E-state index contributed by atoms with van der Waals surface area (Å²) in [5, 5.41) is 0. The van der Waals surface area contributed by atoms with E-state index in [4.69, 9.17) is 5.73 Å². The molecule has 1 atom stereocenters. The van der Waals surface area contributed by atoms with Crippen molar-refractivity contribution in [1.82, 2.24) is 9.88 Å². The van der Waals surface area contributed by atoms with E-state index in [2.05, 4.69) is 21.8 Å². The van der Waals surface area contributed by atoms with Gasteiger partial charge in [-0.25, -0.2) is 0 Å². The Hall–Kier alpha value is -1.10. The third kappa shape index (κ3) is 1.59. The number of hydrogen-bond donors (Lipinski definition) is 1. The predicted octanol–water partition coefficient (Wildman–Crippen LogP) is 1.22. The minimum Gasteiger partial charge on any atom is -0.370 e. The molecule has 0 spiro atoms. The number of nitrogens with two attached hydrogens (primary N) is 1. The number of thiazole rings is 1. The van der Waals surface area contributed by atoms with Crippen LogP contribution >= 0.6 is 11.3 Å². The van der Waals surface area contributed by atoms with Crippen molar-refractivity contribution in [1.29, 1.82) is 0 Å². The molecular weight excluding hydrogens is 196 g/mol. The minimum absolute atomic E-state index is 0.322. The second kappa shape index (κ2) is 3.96. The summed E-state index contributed by atoms with van der Waals surface area (Å²) in [6.07, 6.45) is 3.00. The quantitative estimate of drug-likeness (QED) is 0.816. The summed E-state index contributed by atoms with van der Waals surface area (Å²) in [5.41, 5.74) is 7.68.